The maximum Gasteiger partial charge on any atom is 0.0944 e. The summed E-state index contributed by atoms with van der Waals surface area (Å²) in [6.45, 7) is 4.95. The van der Waals surface area contributed by atoms with E-state index in [4.69, 9.17) is 0 Å². The third kappa shape index (κ3) is 3.94. The van der Waals surface area contributed by atoms with Crippen molar-refractivity contribution in [3.63, 3.8) is 0 Å². The number of aliphatic hydroxyl groups excluding tert-OH is 1. The first kappa shape index (κ1) is 13.2. The normalized spacial score (nSPS) is 15.0. The van der Waals surface area contributed by atoms with Gasteiger partial charge in [0.15, 0.2) is 0 Å². The lowest BCUT2D eigenvalue weighted by atomic mass is 10.1. The minimum absolute atomic E-state index is 0.459. The van der Waals surface area contributed by atoms with E-state index in [9.17, 15) is 5.11 Å². The molecule has 4 nitrogen and oxygen atoms in total. The van der Waals surface area contributed by atoms with Crippen LogP contribution in [-0.4, -0.2) is 27.5 Å². The molecule has 1 aromatic rings. The van der Waals surface area contributed by atoms with Crippen molar-refractivity contribution in [1.82, 2.24) is 15.1 Å². The summed E-state index contributed by atoms with van der Waals surface area (Å²) in [5.74, 6) is 0. The van der Waals surface area contributed by atoms with Crippen molar-refractivity contribution in [3.8, 4) is 0 Å². The lowest BCUT2D eigenvalue weighted by molar-refractivity contribution is 0.168. The van der Waals surface area contributed by atoms with E-state index >= 15 is 0 Å². The Bertz CT molecular complexity index is 298. The highest BCUT2D eigenvalue weighted by Crippen LogP contribution is 2.11. The van der Waals surface area contributed by atoms with E-state index < -0.39 is 6.10 Å². The molecule has 0 aliphatic heterocycles. The van der Waals surface area contributed by atoms with Crippen LogP contribution in [0.1, 0.15) is 44.8 Å². The topological polar surface area (TPSA) is 50.1 Å². The largest absolute Gasteiger partial charge is 0.387 e. The summed E-state index contributed by atoms with van der Waals surface area (Å²) in [5, 5.41) is 17.4. The van der Waals surface area contributed by atoms with Crippen LogP contribution in [0.15, 0.2) is 12.4 Å². The lowest BCUT2D eigenvalue weighted by Gasteiger charge is -2.18. The molecule has 2 N–H and O–H groups in total. The Balaban J connectivity index is 2.36. The second kappa shape index (κ2) is 6.66. The molecule has 0 radical (unpaired) electrons. The molecule has 4 heteroatoms. The summed E-state index contributed by atoms with van der Waals surface area (Å²) in [6.07, 6.45) is 6.55. The fourth-order valence-corrected chi connectivity index (χ4v) is 1.81. The summed E-state index contributed by atoms with van der Waals surface area (Å²) >= 11 is 0. The van der Waals surface area contributed by atoms with Gasteiger partial charge < -0.3 is 10.4 Å². The molecule has 2 atom stereocenters. The molecule has 0 bridgehead atoms. The first-order chi connectivity index (χ1) is 7.67. The van der Waals surface area contributed by atoms with Gasteiger partial charge in [-0.15, -0.1) is 0 Å². The number of rotatable bonds is 7. The molecule has 2 unspecified atom stereocenters. The maximum absolute atomic E-state index is 9.93. The molecule has 0 spiro atoms. The predicted molar refractivity (Wildman–Crippen MR) is 65.2 cm³/mol. The molecule has 1 rings (SSSR count). The summed E-state index contributed by atoms with van der Waals surface area (Å²) < 4.78 is 1.71. The van der Waals surface area contributed by atoms with Crippen molar-refractivity contribution >= 4 is 0 Å². The van der Waals surface area contributed by atoms with Crippen molar-refractivity contribution in [2.45, 2.75) is 45.3 Å². The fraction of sp³-hybridized carbons (Fsp3) is 0.750. The van der Waals surface area contributed by atoms with Gasteiger partial charge in [0, 0.05) is 31.4 Å². The summed E-state index contributed by atoms with van der Waals surface area (Å²) in [5.41, 5.74) is 0.876. The Hall–Kier alpha value is -0.870. The number of hydrogen-bond acceptors (Lipinski definition) is 3. The van der Waals surface area contributed by atoms with Gasteiger partial charge >= 0.3 is 0 Å². The van der Waals surface area contributed by atoms with E-state index in [-0.39, 0.29) is 0 Å². The van der Waals surface area contributed by atoms with E-state index in [1.807, 2.05) is 13.2 Å². The molecule has 0 aliphatic carbocycles. The van der Waals surface area contributed by atoms with Gasteiger partial charge in [-0.2, -0.15) is 5.10 Å². The molecule has 1 heterocycles. The van der Waals surface area contributed by atoms with Crippen LogP contribution < -0.4 is 5.32 Å². The molecular weight excluding hydrogens is 202 g/mol. The third-order valence-electron chi connectivity index (χ3n) is 2.84. The summed E-state index contributed by atoms with van der Waals surface area (Å²) in [4.78, 5) is 0. The van der Waals surface area contributed by atoms with Gasteiger partial charge in [-0.3, -0.25) is 4.68 Å². The van der Waals surface area contributed by atoms with Gasteiger partial charge in [0.05, 0.1) is 12.3 Å². The Morgan fingerprint density at radius 1 is 1.50 bits per heavy atom. The summed E-state index contributed by atoms with van der Waals surface area (Å²) in [7, 11) is 1.86. The van der Waals surface area contributed by atoms with Crippen molar-refractivity contribution in [2.75, 3.05) is 6.54 Å². The zero-order valence-corrected chi connectivity index (χ0v) is 10.5. The molecule has 0 aromatic carbocycles. The molecule has 0 saturated carbocycles. The van der Waals surface area contributed by atoms with E-state index in [0.29, 0.717) is 12.6 Å². The average molecular weight is 225 g/mol. The van der Waals surface area contributed by atoms with E-state index in [0.717, 1.165) is 18.4 Å². The molecule has 0 fully saturated rings. The SMILES string of the molecule is CCCC(CC)NCC(O)c1cnn(C)c1. The number of nitrogens with one attached hydrogen (secondary N) is 1. The lowest BCUT2D eigenvalue weighted by Crippen LogP contribution is -2.32. The summed E-state index contributed by atoms with van der Waals surface area (Å²) in [6, 6.07) is 0.510. The van der Waals surface area contributed by atoms with Gasteiger partial charge in [0.2, 0.25) is 0 Å². The highest BCUT2D eigenvalue weighted by atomic mass is 16.3. The number of nitrogens with zero attached hydrogens (tertiary/aromatic N) is 2. The first-order valence-electron chi connectivity index (χ1n) is 6.07. The van der Waals surface area contributed by atoms with E-state index in [2.05, 4.69) is 24.3 Å². The van der Waals surface area contributed by atoms with Crippen molar-refractivity contribution in [1.29, 1.82) is 0 Å². The van der Waals surface area contributed by atoms with E-state index in [1.165, 1.54) is 6.42 Å². The smallest absolute Gasteiger partial charge is 0.0944 e. The molecule has 92 valence electrons. The second-order valence-corrected chi connectivity index (χ2v) is 4.27. The van der Waals surface area contributed by atoms with E-state index in [1.54, 1.807) is 10.9 Å². The maximum atomic E-state index is 9.93. The van der Waals surface area contributed by atoms with Gasteiger partial charge in [0.25, 0.3) is 0 Å². The number of aliphatic hydroxyl groups is 1. The number of aromatic nitrogens is 2. The minimum atomic E-state index is -0.459. The molecular formula is C12H23N3O. The highest BCUT2D eigenvalue weighted by molar-refractivity contribution is 5.08. The zero-order valence-electron chi connectivity index (χ0n) is 10.5. The van der Waals surface area contributed by atoms with Crippen LogP contribution in [0.4, 0.5) is 0 Å². The Labute approximate surface area is 97.7 Å². The van der Waals surface area contributed by atoms with Crippen LogP contribution in [0.2, 0.25) is 0 Å². The van der Waals surface area contributed by atoms with Gasteiger partial charge in [0.1, 0.15) is 0 Å². The molecule has 0 saturated heterocycles. The Morgan fingerprint density at radius 2 is 2.25 bits per heavy atom. The van der Waals surface area contributed by atoms with Crippen LogP contribution in [0, 0.1) is 0 Å². The van der Waals surface area contributed by atoms with Gasteiger partial charge in [-0.1, -0.05) is 20.3 Å². The highest BCUT2D eigenvalue weighted by Gasteiger charge is 2.11. The van der Waals surface area contributed by atoms with Crippen LogP contribution in [0.5, 0.6) is 0 Å². The van der Waals surface area contributed by atoms with Crippen LogP contribution in [-0.2, 0) is 7.05 Å². The molecule has 0 amide bonds. The van der Waals surface area contributed by atoms with Crippen LogP contribution in [0.3, 0.4) is 0 Å². The second-order valence-electron chi connectivity index (χ2n) is 4.27. The van der Waals surface area contributed by atoms with Gasteiger partial charge in [-0.25, -0.2) is 0 Å². The minimum Gasteiger partial charge on any atom is -0.387 e. The standard InChI is InChI=1S/C12H23N3O/c1-4-6-11(5-2)13-8-12(16)10-7-14-15(3)9-10/h7,9,11-13,16H,4-6,8H2,1-3H3. The zero-order chi connectivity index (χ0) is 12.0. The molecule has 1 aromatic heterocycles. The van der Waals surface area contributed by atoms with Gasteiger partial charge in [-0.05, 0) is 12.8 Å². The van der Waals surface area contributed by atoms with Crippen LogP contribution >= 0.6 is 0 Å². The first-order valence-corrected chi connectivity index (χ1v) is 6.07. The average Bonchev–Trinajstić information content (AvgIpc) is 2.70. The number of aryl methyl sites for hydroxylation is 1. The van der Waals surface area contributed by atoms with Crippen LogP contribution in [0.25, 0.3) is 0 Å². The Kier molecular flexibility index (Phi) is 5.49. The third-order valence-corrected chi connectivity index (χ3v) is 2.84. The predicted octanol–water partition coefficient (Wildman–Crippen LogP) is 1.62. The van der Waals surface area contributed by atoms with Crippen molar-refractivity contribution in [2.24, 2.45) is 7.05 Å². The molecule has 0 aliphatic rings. The number of hydrogen-bond donors (Lipinski definition) is 2. The Morgan fingerprint density at radius 3 is 2.75 bits per heavy atom. The van der Waals surface area contributed by atoms with Crippen molar-refractivity contribution < 1.29 is 5.11 Å². The quantitative estimate of drug-likeness (QED) is 0.741. The van der Waals surface area contributed by atoms with Crippen molar-refractivity contribution in [3.05, 3.63) is 18.0 Å². The monoisotopic (exact) mass is 225 g/mol. The fourth-order valence-electron chi connectivity index (χ4n) is 1.81. The molecule has 16 heavy (non-hydrogen) atoms.